The number of unbranched alkanes of at least 4 members (excludes halogenated alkanes) is 28. The molecular formula is C50H98N2O6P+. The first-order chi connectivity index (χ1) is 28.5. The minimum Gasteiger partial charge on any atom is -0.387 e. The van der Waals surface area contributed by atoms with Gasteiger partial charge in [0.1, 0.15) is 13.2 Å². The Hall–Kier alpha value is -1.28. The van der Waals surface area contributed by atoms with E-state index in [-0.39, 0.29) is 19.1 Å². The van der Waals surface area contributed by atoms with Crippen LogP contribution in [-0.4, -0.2) is 73.4 Å². The predicted octanol–water partition coefficient (Wildman–Crippen LogP) is 14.3. The van der Waals surface area contributed by atoms with Gasteiger partial charge < -0.3 is 19.8 Å². The number of carbonyl (C=O) groups excluding carboxylic acids is 1. The van der Waals surface area contributed by atoms with E-state index in [2.05, 4.69) is 43.5 Å². The largest absolute Gasteiger partial charge is 0.472 e. The van der Waals surface area contributed by atoms with Gasteiger partial charge in [0.15, 0.2) is 0 Å². The van der Waals surface area contributed by atoms with Crippen molar-refractivity contribution in [1.29, 1.82) is 0 Å². The molecule has 1 amide bonds. The van der Waals surface area contributed by atoms with E-state index in [0.29, 0.717) is 17.4 Å². The Morgan fingerprint density at radius 1 is 0.559 bits per heavy atom. The molecule has 3 N–H and O–H groups in total. The molecule has 0 heterocycles. The minimum absolute atomic E-state index is 0.0542. The Morgan fingerprint density at radius 2 is 0.932 bits per heavy atom. The van der Waals surface area contributed by atoms with Crippen molar-refractivity contribution in [3.63, 3.8) is 0 Å². The molecule has 0 fully saturated rings. The summed E-state index contributed by atoms with van der Waals surface area (Å²) in [7, 11) is 1.55. The number of nitrogens with one attached hydrogen (secondary N) is 1. The number of hydrogen-bond acceptors (Lipinski definition) is 5. The van der Waals surface area contributed by atoms with E-state index in [1.807, 2.05) is 27.2 Å². The SMILES string of the molecule is CCCCCCCCCCCCCCCCCCCCC/C=C/CC/C=C/CC/C=C/C(O)C(COP(=O)(O)OCC[N+](C)(C)C)NC(=O)CCCCCCCCCC. The molecule has 0 radical (unpaired) electrons. The second kappa shape index (κ2) is 42.0. The highest BCUT2D eigenvalue weighted by molar-refractivity contribution is 7.47. The first kappa shape index (κ1) is 57.7. The fourth-order valence-electron chi connectivity index (χ4n) is 7.13. The number of hydrogen-bond donors (Lipinski definition) is 3. The smallest absolute Gasteiger partial charge is 0.387 e. The van der Waals surface area contributed by atoms with Crippen LogP contribution >= 0.6 is 7.82 Å². The Labute approximate surface area is 366 Å². The first-order valence-electron chi connectivity index (χ1n) is 24.9. The van der Waals surface area contributed by atoms with Crippen LogP contribution in [0.1, 0.15) is 226 Å². The van der Waals surface area contributed by atoms with Crippen molar-refractivity contribution < 1.29 is 32.9 Å². The number of likely N-dealkylation sites (N-methyl/N-ethyl adjacent to an activating group) is 1. The highest BCUT2D eigenvalue weighted by atomic mass is 31.2. The zero-order valence-corrected chi connectivity index (χ0v) is 40.4. The van der Waals surface area contributed by atoms with Crippen LogP contribution in [0.4, 0.5) is 0 Å². The summed E-state index contributed by atoms with van der Waals surface area (Å²) in [4.78, 5) is 23.0. The molecule has 59 heavy (non-hydrogen) atoms. The lowest BCUT2D eigenvalue weighted by Gasteiger charge is -2.25. The molecule has 0 saturated carbocycles. The molecule has 0 rings (SSSR count). The summed E-state index contributed by atoms with van der Waals surface area (Å²) < 4.78 is 23.5. The molecule has 9 heteroatoms. The van der Waals surface area contributed by atoms with E-state index in [9.17, 15) is 19.4 Å². The highest BCUT2D eigenvalue weighted by Crippen LogP contribution is 2.43. The van der Waals surface area contributed by atoms with Gasteiger partial charge in [-0.3, -0.25) is 13.8 Å². The summed E-state index contributed by atoms with van der Waals surface area (Å²) in [5.41, 5.74) is 0. The maximum atomic E-state index is 12.8. The van der Waals surface area contributed by atoms with Crippen LogP contribution in [-0.2, 0) is 18.4 Å². The van der Waals surface area contributed by atoms with Crippen LogP contribution in [0.15, 0.2) is 36.5 Å². The van der Waals surface area contributed by atoms with Gasteiger partial charge in [0.2, 0.25) is 5.91 Å². The highest BCUT2D eigenvalue weighted by Gasteiger charge is 2.27. The zero-order chi connectivity index (χ0) is 43.6. The third kappa shape index (κ3) is 44.6. The van der Waals surface area contributed by atoms with Crippen LogP contribution < -0.4 is 5.32 Å². The van der Waals surface area contributed by atoms with E-state index in [4.69, 9.17) is 9.05 Å². The summed E-state index contributed by atoms with van der Waals surface area (Å²) in [6.45, 7) is 4.76. The summed E-state index contributed by atoms with van der Waals surface area (Å²) in [6.07, 6.45) is 52.7. The number of carbonyl (C=O) groups is 1. The summed E-state index contributed by atoms with van der Waals surface area (Å²) in [5.74, 6) is -0.196. The lowest BCUT2D eigenvalue weighted by Crippen LogP contribution is -2.45. The van der Waals surface area contributed by atoms with Crippen molar-refractivity contribution >= 4 is 13.7 Å². The lowest BCUT2D eigenvalue weighted by molar-refractivity contribution is -0.870. The molecule has 3 atom stereocenters. The van der Waals surface area contributed by atoms with Crippen molar-refractivity contribution in [3.8, 4) is 0 Å². The van der Waals surface area contributed by atoms with Crippen LogP contribution in [0, 0.1) is 0 Å². The number of nitrogens with zero attached hydrogens (tertiary/aromatic N) is 1. The molecule has 0 spiro atoms. The fraction of sp³-hybridized carbons (Fsp3) is 0.860. The van der Waals surface area contributed by atoms with Gasteiger partial charge in [-0.1, -0.05) is 211 Å². The fourth-order valence-corrected chi connectivity index (χ4v) is 7.87. The van der Waals surface area contributed by atoms with E-state index in [0.717, 1.165) is 44.9 Å². The van der Waals surface area contributed by atoms with Gasteiger partial charge in [-0.2, -0.15) is 0 Å². The molecule has 0 aliphatic carbocycles. The maximum absolute atomic E-state index is 12.8. The third-order valence-corrected chi connectivity index (χ3v) is 12.1. The topological polar surface area (TPSA) is 105 Å². The zero-order valence-electron chi connectivity index (χ0n) is 39.5. The average Bonchev–Trinajstić information content (AvgIpc) is 3.19. The number of rotatable bonds is 45. The molecule has 0 aliphatic heterocycles. The van der Waals surface area contributed by atoms with Crippen LogP contribution in [0.25, 0.3) is 0 Å². The summed E-state index contributed by atoms with van der Waals surface area (Å²) in [6, 6.07) is -0.864. The minimum atomic E-state index is -4.34. The first-order valence-corrected chi connectivity index (χ1v) is 26.4. The van der Waals surface area contributed by atoms with Gasteiger partial charge in [0.25, 0.3) is 0 Å². The van der Waals surface area contributed by atoms with Crippen LogP contribution in [0.2, 0.25) is 0 Å². The van der Waals surface area contributed by atoms with Crippen molar-refractivity contribution in [3.05, 3.63) is 36.5 Å². The Bertz CT molecular complexity index is 1060. The van der Waals surface area contributed by atoms with E-state index in [1.54, 1.807) is 6.08 Å². The van der Waals surface area contributed by atoms with Crippen LogP contribution in [0.3, 0.4) is 0 Å². The number of allylic oxidation sites excluding steroid dienone is 5. The quantitative estimate of drug-likeness (QED) is 0.0244. The van der Waals surface area contributed by atoms with E-state index >= 15 is 0 Å². The Morgan fingerprint density at radius 3 is 1.36 bits per heavy atom. The standard InChI is InChI=1S/C50H97N2O6P/c1-6-8-10-12-14-16-17-18-19-20-21-22-23-24-25-26-27-28-29-30-31-32-33-34-35-36-37-39-41-43-49(53)48(47-58-59(55,56)57-46-45-52(3,4)5)51-50(54)44-42-40-38-15-13-11-9-7-2/h31-32,35-36,41,43,48-49,53H,6-30,33-34,37-40,42,44-47H2,1-5H3,(H-,51,54,55,56)/p+1/b32-31+,36-35+,43-41+. The van der Waals surface area contributed by atoms with Gasteiger partial charge in [0, 0.05) is 6.42 Å². The van der Waals surface area contributed by atoms with Crippen molar-refractivity contribution in [2.75, 3.05) is 40.9 Å². The second-order valence-electron chi connectivity index (χ2n) is 18.2. The predicted molar refractivity (Wildman–Crippen MR) is 254 cm³/mol. The third-order valence-electron chi connectivity index (χ3n) is 11.1. The van der Waals surface area contributed by atoms with Crippen molar-refractivity contribution in [2.24, 2.45) is 0 Å². The monoisotopic (exact) mass is 854 g/mol. The normalized spacial score (nSPS) is 14.5. The molecule has 0 saturated heterocycles. The second-order valence-corrected chi connectivity index (χ2v) is 19.6. The van der Waals surface area contributed by atoms with Gasteiger partial charge in [-0.15, -0.1) is 0 Å². The van der Waals surface area contributed by atoms with Crippen molar-refractivity contribution in [2.45, 2.75) is 238 Å². The molecule has 3 unspecified atom stereocenters. The number of aliphatic hydroxyl groups is 1. The van der Waals surface area contributed by atoms with Crippen LogP contribution in [0.5, 0.6) is 0 Å². The van der Waals surface area contributed by atoms with Gasteiger partial charge in [-0.05, 0) is 44.9 Å². The van der Waals surface area contributed by atoms with Gasteiger partial charge in [-0.25, -0.2) is 4.57 Å². The molecule has 0 aromatic rings. The van der Waals surface area contributed by atoms with E-state index < -0.39 is 20.0 Å². The summed E-state index contributed by atoms with van der Waals surface area (Å²) in [5, 5.41) is 13.8. The summed E-state index contributed by atoms with van der Waals surface area (Å²) >= 11 is 0. The molecule has 0 aromatic heterocycles. The number of phosphoric ester groups is 1. The molecule has 8 nitrogen and oxygen atoms in total. The van der Waals surface area contributed by atoms with Crippen molar-refractivity contribution in [1.82, 2.24) is 5.32 Å². The molecular weight excluding hydrogens is 756 g/mol. The number of quaternary nitrogens is 1. The lowest BCUT2D eigenvalue weighted by atomic mass is 10.0. The average molecular weight is 854 g/mol. The number of aliphatic hydroxyl groups excluding tert-OH is 1. The van der Waals surface area contributed by atoms with Gasteiger partial charge in [0.05, 0.1) is 39.9 Å². The van der Waals surface area contributed by atoms with E-state index in [1.165, 1.54) is 161 Å². The molecule has 0 bridgehead atoms. The van der Waals surface area contributed by atoms with Gasteiger partial charge >= 0.3 is 7.82 Å². The Balaban J connectivity index is 4.16. The molecule has 348 valence electrons. The maximum Gasteiger partial charge on any atom is 0.472 e. The molecule has 0 aliphatic rings. The Kier molecular flexibility index (Phi) is 41.1. The number of amides is 1. The number of phosphoric acid groups is 1. The molecule has 0 aromatic carbocycles.